The van der Waals surface area contributed by atoms with Crippen molar-refractivity contribution >= 4 is 46.4 Å². The van der Waals surface area contributed by atoms with Gasteiger partial charge in [-0.25, -0.2) is 0 Å². The maximum atomic E-state index is 11.9. The smallest absolute Gasteiger partial charge is 0.262 e. The number of carbonyl (C=O) groups is 2. The second-order valence-corrected chi connectivity index (χ2v) is 5.94. The number of rotatable bonds is 5. The van der Waals surface area contributed by atoms with Crippen LogP contribution in [0.25, 0.3) is 0 Å². The van der Waals surface area contributed by atoms with Crippen molar-refractivity contribution in [2.45, 2.75) is 6.92 Å². The van der Waals surface area contributed by atoms with Crippen molar-refractivity contribution in [2.24, 2.45) is 0 Å². The number of hydrogen-bond donors (Lipinski definition) is 1. The molecule has 7 heteroatoms. The van der Waals surface area contributed by atoms with E-state index in [-0.39, 0.29) is 18.4 Å². The third-order valence-corrected chi connectivity index (χ3v) is 3.65. The molecule has 2 aromatic rings. The molecule has 0 heterocycles. The van der Waals surface area contributed by atoms with Crippen LogP contribution >= 0.6 is 23.2 Å². The molecule has 0 aliphatic carbocycles. The van der Waals surface area contributed by atoms with E-state index < -0.39 is 0 Å². The molecule has 2 rings (SSSR count). The predicted octanol–water partition coefficient (Wildman–Crippen LogP) is 3.99. The fourth-order valence-corrected chi connectivity index (χ4v) is 2.41. The van der Waals surface area contributed by atoms with Crippen molar-refractivity contribution in [2.75, 3.05) is 23.9 Å². The molecule has 0 aliphatic heterocycles. The van der Waals surface area contributed by atoms with E-state index >= 15 is 0 Å². The Morgan fingerprint density at radius 3 is 2.21 bits per heavy atom. The van der Waals surface area contributed by atoms with Gasteiger partial charge < -0.3 is 15.0 Å². The maximum absolute atomic E-state index is 11.9. The second kappa shape index (κ2) is 8.04. The number of benzene rings is 2. The number of halogens is 2. The number of nitrogens with zero attached hydrogens (tertiary/aromatic N) is 1. The first-order valence-corrected chi connectivity index (χ1v) is 7.84. The van der Waals surface area contributed by atoms with Gasteiger partial charge in [0.2, 0.25) is 5.91 Å². The molecule has 0 aromatic heterocycles. The third-order valence-electron chi connectivity index (χ3n) is 3.22. The van der Waals surface area contributed by atoms with Crippen molar-refractivity contribution in [1.82, 2.24) is 0 Å². The highest BCUT2D eigenvalue weighted by molar-refractivity contribution is 6.34. The van der Waals surface area contributed by atoms with Crippen LogP contribution in [0.2, 0.25) is 10.0 Å². The Balaban J connectivity index is 1.91. The summed E-state index contributed by atoms with van der Waals surface area (Å²) in [5.41, 5.74) is 1.35. The van der Waals surface area contributed by atoms with Crippen LogP contribution < -0.4 is 15.0 Å². The van der Waals surface area contributed by atoms with Crippen LogP contribution in [-0.2, 0) is 9.59 Å². The Kier molecular flexibility index (Phi) is 6.06. The van der Waals surface area contributed by atoms with E-state index in [0.29, 0.717) is 21.5 Å². The van der Waals surface area contributed by atoms with E-state index in [1.165, 1.54) is 11.8 Å². The van der Waals surface area contributed by atoms with Crippen molar-refractivity contribution in [3.8, 4) is 5.75 Å². The largest absolute Gasteiger partial charge is 0.484 e. The third kappa shape index (κ3) is 5.15. The number of ether oxygens (including phenoxy) is 1. The number of anilines is 2. The van der Waals surface area contributed by atoms with E-state index in [2.05, 4.69) is 5.32 Å². The number of amides is 2. The summed E-state index contributed by atoms with van der Waals surface area (Å²) in [6, 6.07) is 11.6. The van der Waals surface area contributed by atoms with Gasteiger partial charge in [-0.05, 0) is 42.5 Å². The van der Waals surface area contributed by atoms with Crippen molar-refractivity contribution in [1.29, 1.82) is 0 Å². The number of hydrogen-bond acceptors (Lipinski definition) is 3. The van der Waals surface area contributed by atoms with Crippen LogP contribution in [0.4, 0.5) is 11.4 Å². The highest BCUT2D eigenvalue weighted by Gasteiger charge is 2.08. The molecule has 126 valence electrons. The summed E-state index contributed by atoms with van der Waals surface area (Å²) in [5, 5.41) is 3.57. The lowest BCUT2D eigenvalue weighted by molar-refractivity contribution is -0.118. The zero-order chi connectivity index (χ0) is 17.7. The molecule has 0 fully saturated rings. The molecule has 5 nitrogen and oxygen atoms in total. The minimum atomic E-state index is -0.321. The zero-order valence-electron chi connectivity index (χ0n) is 13.2. The molecule has 0 saturated heterocycles. The summed E-state index contributed by atoms with van der Waals surface area (Å²) in [5.74, 6) is 0.0280. The monoisotopic (exact) mass is 366 g/mol. The second-order valence-electron chi connectivity index (χ2n) is 5.07. The summed E-state index contributed by atoms with van der Waals surface area (Å²) >= 11 is 11.7. The average Bonchev–Trinajstić information content (AvgIpc) is 2.52. The molecule has 0 spiro atoms. The number of nitrogens with one attached hydrogen (secondary N) is 1. The molecule has 0 bridgehead atoms. The minimum absolute atomic E-state index is 0.0691. The topological polar surface area (TPSA) is 58.6 Å². The summed E-state index contributed by atoms with van der Waals surface area (Å²) in [6.45, 7) is 1.31. The molecule has 2 aromatic carbocycles. The van der Waals surface area contributed by atoms with E-state index in [9.17, 15) is 9.59 Å². The van der Waals surface area contributed by atoms with Gasteiger partial charge in [-0.3, -0.25) is 9.59 Å². The predicted molar refractivity (Wildman–Crippen MR) is 96.1 cm³/mol. The van der Waals surface area contributed by atoms with Gasteiger partial charge in [0.25, 0.3) is 5.91 Å². The molecular formula is C17H16Cl2N2O3. The van der Waals surface area contributed by atoms with Crippen LogP contribution in [0.1, 0.15) is 6.92 Å². The number of carbonyl (C=O) groups excluding carboxylic acids is 2. The van der Waals surface area contributed by atoms with Gasteiger partial charge in [-0.15, -0.1) is 0 Å². The first-order chi connectivity index (χ1) is 11.3. The van der Waals surface area contributed by atoms with Crippen LogP contribution in [0.15, 0.2) is 42.5 Å². The average molecular weight is 367 g/mol. The Hall–Kier alpha value is -2.24. The summed E-state index contributed by atoms with van der Waals surface area (Å²) in [6.07, 6.45) is 0. The van der Waals surface area contributed by atoms with E-state index in [0.717, 1.165) is 5.69 Å². The molecule has 1 N–H and O–H groups in total. The fourth-order valence-electron chi connectivity index (χ4n) is 1.91. The lowest BCUT2D eigenvalue weighted by Crippen LogP contribution is -2.23. The van der Waals surface area contributed by atoms with Crippen LogP contribution in [0, 0.1) is 0 Å². The highest BCUT2D eigenvalue weighted by Crippen LogP contribution is 2.24. The Morgan fingerprint density at radius 1 is 1.08 bits per heavy atom. The fraction of sp³-hybridized carbons (Fsp3) is 0.176. The molecule has 0 aliphatic rings. The molecule has 24 heavy (non-hydrogen) atoms. The van der Waals surface area contributed by atoms with Gasteiger partial charge in [-0.1, -0.05) is 23.2 Å². The van der Waals surface area contributed by atoms with E-state index in [4.69, 9.17) is 27.9 Å². The summed E-state index contributed by atoms with van der Waals surface area (Å²) in [7, 11) is 1.68. The van der Waals surface area contributed by atoms with E-state index in [1.807, 2.05) is 0 Å². The maximum Gasteiger partial charge on any atom is 0.262 e. The van der Waals surface area contributed by atoms with Crippen molar-refractivity contribution in [3.63, 3.8) is 0 Å². The first-order valence-electron chi connectivity index (χ1n) is 7.08. The molecule has 0 atom stereocenters. The first kappa shape index (κ1) is 18.1. The lowest BCUT2D eigenvalue weighted by atomic mass is 10.2. The van der Waals surface area contributed by atoms with Gasteiger partial charge in [0, 0.05) is 35.4 Å². The SMILES string of the molecule is CC(=O)N(C)c1ccc(NC(=O)COc2cc(Cl)cc(Cl)c2)cc1. The summed E-state index contributed by atoms with van der Waals surface area (Å²) in [4.78, 5) is 24.7. The Morgan fingerprint density at radius 2 is 1.67 bits per heavy atom. The lowest BCUT2D eigenvalue weighted by Gasteiger charge is -2.15. The highest BCUT2D eigenvalue weighted by atomic mass is 35.5. The summed E-state index contributed by atoms with van der Waals surface area (Å²) < 4.78 is 5.36. The normalized spacial score (nSPS) is 10.2. The Bertz CT molecular complexity index is 728. The standard InChI is InChI=1S/C17H16Cl2N2O3/c1-11(22)21(2)15-5-3-14(4-6-15)20-17(23)10-24-16-8-12(18)7-13(19)9-16/h3-9H,10H2,1-2H3,(H,20,23). The molecular weight excluding hydrogens is 351 g/mol. The van der Waals surface area contributed by atoms with Gasteiger partial charge in [0.05, 0.1) is 0 Å². The van der Waals surface area contributed by atoms with Crippen LogP contribution in [-0.4, -0.2) is 25.5 Å². The Labute approximate surface area is 150 Å². The van der Waals surface area contributed by atoms with Gasteiger partial charge >= 0.3 is 0 Å². The minimum Gasteiger partial charge on any atom is -0.484 e. The molecule has 0 saturated carbocycles. The molecule has 0 unspecified atom stereocenters. The van der Waals surface area contributed by atoms with Gasteiger partial charge in [0.15, 0.2) is 6.61 Å². The van der Waals surface area contributed by atoms with Gasteiger partial charge in [-0.2, -0.15) is 0 Å². The van der Waals surface area contributed by atoms with Crippen molar-refractivity contribution < 1.29 is 14.3 Å². The van der Waals surface area contributed by atoms with Crippen molar-refractivity contribution in [3.05, 3.63) is 52.5 Å². The zero-order valence-corrected chi connectivity index (χ0v) is 14.7. The van der Waals surface area contributed by atoms with Crippen LogP contribution in [0.3, 0.4) is 0 Å². The van der Waals surface area contributed by atoms with E-state index in [1.54, 1.807) is 49.5 Å². The molecule has 2 amide bonds. The molecule has 0 radical (unpaired) electrons. The van der Waals surface area contributed by atoms with Crippen LogP contribution in [0.5, 0.6) is 5.75 Å². The van der Waals surface area contributed by atoms with Gasteiger partial charge in [0.1, 0.15) is 5.75 Å². The quantitative estimate of drug-likeness (QED) is 0.869.